The Morgan fingerprint density at radius 3 is 1.94 bits per heavy atom. The first-order chi connectivity index (χ1) is 7.12. The highest BCUT2D eigenvalue weighted by Crippen LogP contribution is 2.32. The summed E-state index contributed by atoms with van der Waals surface area (Å²) in [5.41, 5.74) is 0. The molecule has 0 radical (unpaired) electrons. The van der Waals surface area contributed by atoms with Crippen LogP contribution in [0.5, 0.6) is 0 Å². The Morgan fingerprint density at radius 1 is 1.25 bits per heavy atom. The molecule has 0 spiro atoms. The second kappa shape index (κ2) is 5.18. The topological polar surface area (TPSA) is 49.4 Å². The maximum Gasteiger partial charge on any atom is 0.392 e. The van der Waals surface area contributed by atoms with Crippen LogP contribution in [0.1, 0.15) is 6.92 Å². The van der Waals surface area contributed by atoms with E-state index < -0.39 is 29.8 Å². The van der Waals surface area contributed by atoms with E-state index >= 15 is 0 Å². The SMILES string of the molecule is CNC(=O)C(C(=O)N(C)C)C(C)C(F)(F)F. The third-order valence-electron chi connectivity index (χ3n) is 2.25. The average Bonchev–Trinajstić information content (AvgIpc) is 2.15. The molecule has 0 aromatic rings. The van der Waals surface area contributed by atoms with Crippen molar-refractivity contribution < 1.29 is 22.8 Å². The Bertz CT molecular complexity index is 276. The minimum absolute atomic E-state index is 0.821. The van der Waals surface area contributed by atoms with Gasteiger partial charge in [0.05, 0.1) is 5.92 Å². The fourth-order valence-electron chi connectivity index (χ4n) is 1.18. The number of hydrogen-bond acceptors (Lipinski definition) is 2. The van der Waals surface area contributed by atoms with Gasteiger partial charge in [0.25, 0.3) is 0 Å². The highest BCUT2D eigenvalue weighted by Gasteiger charge is 2.47. The number of rotatable bonds is 3. The van der Waals surface area contributed by atoms with Gasteiger partial charge in [-0.1, -0.05) is 6.92 Å². The molecule has 0 saturated heterocycles. The van der Waals surface area contributed by atoms with Gasteiger partial charge in [0.1, 0.15) is 5.92 Å². The van der Waals surface area contributed by atoms with Crippen LogP contribution in [-0.2, 0) is 9.59 Å². The molecule has 2 atom stereocenters. The van der Waals surface area contributed by atoms with E-state index in [1.54, 1.807) is 0 Å². The molecule has 0 bridgehead atoms. The van der Waals surface area contributed by atoms with E-state index in [1.807, 2.05) is 0 Å². The van der Waals surface area contributed by atoms with E-state index in [1.165, 1.54) is 21.1 Å². The van der Waals surface area contributed by atoms with Crippen LogP contribution in [0.3, 0.4) is 0 Å². The fourth-order valence-corrected chi connectivity index (χ4v) is 1.18. The Morgan fingerprint density at radius 2 is 1.69 bits per heavy atom. The van der Waals surface area contributed by atoms with E-state index in [9.17, 15) is 22.8 Å². The molecular formula is C9H15F3N2O2. The quantitative estimate of drug-likeness (QED) is 0.736. The highest BCUT2D eigenvalue weighted by atomic mass is 19.4. The maximum atomic E-state index is 12.5. The standard InChI is InChI=1S/C9H15F3N2O2/c1-5(9(10,11)12)6(7(15)13-2)8(16)14(3)4/h5-6H,1-4H3,(H,13,15). The van der Waals surface area contributed by atoms with Gasteiger partial charge >= 0.3 is 6.18 Å². The predicted octanol–water partition coefficient (Wildman–Crippen LogP) is 0.635. The lowest BCUT2D eigenvalue weighted by Crippen LogP contribution is -2.46. The smallest absolute Gasteiger partial charge is 0.358 e. The molecule has 1 N–H and O–H groups in total. The summed E-state index contributed by atoms with van der Waals surface area (Å²) in [6, 6.07) is 0. The molecule has 0 aliphatic carbocycles. The van der Waals surface area contributed by atoms with Crippen molar-refractivity contribution in [2.45, 2.75) is 13.1 Å². The van der Waals surface area contributed by atoms with Crippen LogP contribution in [0.2, 0.25) is 0 Å². The van der Waals surface area contributed by atoms with Crippen LogP contribution in [0, 0.1) is 11.8 Å². The van der Waals surface area contributed by atoms with Gasteiger partial charge in [-0.25, -0.2) is 0 Å². The fraction of sp³-hybridized carbons (Fsp3) is 0.778. The van der Waals surface area contributed by atoms with Gasteiger partial charge < -0.3 is 10.2 Å². The minimum Gasteiger partial charge on any atom is -0.358 e. The van der Waals surface area contributed by atoms with Gasteiger partial charge in [-0.15, -0.1) is 0 Å². The van der Waals surface area contributed by atoms with Crippen LogP contribution in [0.15, 0.2) is 0 Å². The Balaban J connectivity index is 5.11. The molecule has 0 aliphatic heterocycles. The average molecular weight is 240 g/mol. The van der Waals surface area contributed by atoms with Crippen LogP contribution < -0.4 is 5.32 Å². The zero-order valence-corrected chi connectivity index (χ0v) is 9.55. The molecule has 0 fully saturated rings. The van der Waals surface area contributed by atoms with E-state index in [4.69, 9.17) is 0 Å². The van der Waals surface area contributed by atoms with Gasteiger partial charge in [0, 0.05) is 21.1 Å². The first kappa shape index (κ1) is 14.7. The van der Waals surface area contributed by atoms with Crippen LogP contribution in [0.25, 0.3) is 0 Å². The molecule has 0 heterocycles. The van der Waals surface area contributed by atoms with Crippen molar-refractivity contribution in [3.05, 3.63) is 0 Å². The van der Waals surface area contributed by atoms with E-state index in [0.29, 0.717) is 0 Å². The van der Waals surface area contributed by atoms with Gasteiger partial charge in [-0.05, 0) is 0 Å². The summed E-state index contributed by atoms with van der Waals surface area (Å²) in [7, 11) is 3.81. The molecule has 0 rings (SSSR count). The lowest BCUT2D eigenvalue weighted by molar-refractivity contribution is -0.191. The van der Waals surface area contributed by atoms with Gasteiger partial charge in [0.15, 0.2) is 0 Å². The summed E-state index contributed by atoms with van der Waals surface area (Å²) in [6.45, 7) is 0.821. The molecule has 2 amide bonds. The van der Waals surface area contributed by atoms with Crippen molar-refractivity contribution in [3.63, 3.8) is 0 Å². The van der Waals surface area contributed by atoms with Crippen LogP contribution in [-0.4, -0.2) is 44.0 Å². The molecule has 0 aromatic carbocycles. The summed E-state index contributed by atoms with van der Waals surface area (Å²) in [4.78, 5) is 23.8. The summed E-state index contributed by atoms with van der Waals surface area (Å²) in [5, 5.41) is 2.07. The zero-order chi connectivity index (χ0) is 13.1. The molecule has 7 heteroatoms. The molecular weight excluding hydrogens is 225 g/mol. The molecule has 2 unspecified atom stereocenters. The van der Waals surface area contributed by atoms with Crippen molar-refractivity contribution in [1.82, 2.24) is 10.2 Å². The number of amides is 2. The lowest BCUT2D eigenvalue weighted by Gasteiger charge is -2.26. The third kappa shape index (κ3) is 3.39. The summed E-state index contributed by atoms with van der Waals surface area (Å²) in [6.07, 6.45) is -4.58. The first-order valence-electron chi connectivity index (χ1n) is 4.62. The van der Waals surface area contributed by atoms with Crippen molar-refractivity contribution in [3.8, 4) is 0 Å². The Kier molecular flexibility index (Phi) is 4.77. The zero-order valence-electron chi connectivity index (χ0n) is 9.55. The van der Waals surface area contributed by atoms with Crippen molar-refractivity contribution in [2.75, 3.05) is 21.1 Å². The van der Waals surface area contributed by atoms with Crippen molar-refractivity contribution in [2.24, 2.45) is 11.8 Å². The van der Waals surface area contributed by atoms with E-state index in [-0.39, 0.29) is 0 Å². The maximum absolute atomic E-state index is 12.5. The third-order valence-corrected chi connectivity index (χ3v) is 2.25. The van der Waals surface area contributed by atoms with Crippen LogP contribution >= 0.6 is 0 Å². The molecule has 0 saturated carbocycles. The summed E-state index contributed by atoms with van der Waals surface area (Å²) in [5.74, 6) is -5.53. The monoisotopic (exact) mass is 240 g/mol. The molecule has 0 aromatic heterocycles. The Hall–Kier alpha value is -1.27. The predicted molar refractivity (Wildman–Crippen MR) is 51.5 cm³/mol. The Labute approximate surface area is 91.8 Å². The number of hydrogen-bond donors (Lipinski definition) is 1. The van der Waals surface area contributed by atoms with Gasteiger partial charge in [0.2, 0.25) is 11.8 Å². The van der Waals surface area contributed by atoms with Gasteiger partial charge in [-0.3, -0.25) is 9.59 Å². The number of nitrogens with one attached hydrogen (secondary N) is 1. The highest BCUT2D eigenvalue weighted by molar-refractivity contribution is 6.00. The first-order valence-corrected chi connectivity index (χ1v) is 4.62. The summed E-state index contributed by atoms with van der Waals surface area (Å²) < 4.78 is 37.4. The molecule has 16 heavy (non-hydrogen) atoms. The molecule has 94 valence electrons. The number of carbonyl (C=O) groups is 2. The van der Waals surface area contributed by atoms with Crippen molar-refractivity contribution in [1.29, 1.82) is 0 Å². The molecule has 0 aliphatic rings. The molecule has 4 nitrogen and oxygen atoms in total. The normalized spacial score (nSPS) is 15.2. The van der Waals surface area contributed by atoms with Gasteiger partial charge in [-0.2, -0.15) is 13.2 Å². The number of nitrogens with zero attached hydrogens (tertiary/aromatic N) is 1. The number of halogens is 3. The second-order valence-electron chi connectivity index (χ2n) is 3.65. The minimum atomic E-state index is -4.58. The van der Waals surface area contributed by atoms with E-state index in [2.05, 4.69) is 5.32 Å². The second-order valence-corrected chi connectivity index (χ2v) is 3.65. The van der Waals surface area contributed by atoms with Crippen LogP contribution in [0.4, 0.5) is 13.2 Å². The lowest BCUT2D eigenvalue weighted by atomic mass is 9.91. The van der Waals surface area contributed by atoms with E-state index in [0.717, 1.165) is 11.8 Å². The number of alkyl halides is 3. The van der Waals surface area contributed by atoms with Crippen molar-refractivity contribution >= 4 is 11.8 Å². The largest absolute Gasteiger partial charge is 0.392 e. The number of carbonyl (C=O) groups excluding carboxylic acids is 2. The summed E-state index contributed by atoms with van der Waals surface area (Å²) >= 11 is 0.